The Bertz CT molecular complexity index is 5440. The lowest BCUT2D eigenvalue weighted by atomic mass is 9.82. The van der Waals surface area contributed by atoms with Gasteiger partial charge in [-0.3, -0.25) is 27.3 Å². The Hall–Kier alpha value is -9.64. The van der Waals surface area contributed by atoms with Crippen LogP contribution >= 0.6 is 0 Å². The molecule has 6 fully saturated rings. The van der Waals surface area contributed by atoms with Crippen molar-refractivity contribution in [2.45, 2.75) is 128 Å². The van der Waals surface area contributed by atoms with Crippen molar-refractivity contribution in [1.82, 2.24) is 60.6 Å². The fraction of sp³-hybridized carbons (Fsp3) is 0.487. The summed E-state index contributed by atoms with van der Waals surface area (Å²) in [5, 5.41) is 27.2. The largest absolute Gasteiger partial charge is 0.444 e. The molecule has 0 radical (unpaired) electrons. The summed E-state index contributed by atoms with van der Waals surface area (Å²) in [5.74, 6) is 1.25. The summed E-state index contributed by atoms with van der Waals surface area (Å²) in [5.41, 5.74) is 9.66. The van der Waals surface area contributed by atoms with Gasteiger partial charge in [0.2, 0.25) is 30.1 Å². The molecule has 5 aromatic heterocycles. The molecule has 3 saturated heterocycles. The Balaban J connectivity index is 0.000000149. The SMILES string of the molecule is CNC(=O)c1c2cc(C3CC3)c(N(CCC3(CNC(=O)OC(C)(C)C)COC3)S(C)(=O)=O)cc2nn1-c1ccc(C)cn1.CNC(=O)c1c2cc(C3CC3)c(N(CCC3(OC)COC3)S(C)(=O)=O)cc2nn1-c1ccc(C)cc1.CNC(=O)c1c2cc(C3CC3)c(N(CCC3COC3)S(C)(=O)=O)cc2nn1-c1ccc(C)cn1. The number of nitrogens with zero attached hydrogens (tertiary/aromatic N) is 11. The monoisotopic (exact) mass is 1610 g/mol. The molecule has 4 N–H and O–H groups in total. The maximum atomic E-state index is 13.3. The summed E-state index contributed by atoms with van der Waals surface area (Å²) in [4.78, 5) is 60.3. The number of nitrogens with one attached hydrogen (secondary N) is 4. The number of hydrogen-bond donors (Lipinski definition) is 4. The van der Waals surface area contributed by atoms with Gasteiger partial charge in [0.25, 0.3) is 17.7 Å². The molecule has 9 aromatic rings. The number of carbonyl (C=O) groups is 4. The molecule has 113 heavy (non-hydrogen) atoms. The van der Waals surface area contributed by atoms with Gasteiger partial charge in [0, 0.05) is 94.3 Å². The summed E-state index contributed by atoms with van der Waals surface area (Å²) < 4.78 is 115. The second kappa shape index (κ2) is 32.3. The van der Waals surface area contributed by atoms with Crippen molar-refractivity contribution in [3.05, 3.63) is 148 Å². The number of methoxy groups -OCH3 is 1. The van der Waals surface area contributed by atoms with Gasteiger partial charge in [-0.15, -0.1) is 0 Å². The Morgan fingerprint density at radius 2 is 0.912 bits per heavy atom. The molecule has 4 amide bonds. The normalized spacial score (nSPS) is 16.6. The van der Waals surface area contributed by atoms with Crippen LogP contribution in [0.25, 0.3) is 50.0 Å². The standard InChI is InChI=1S/C30H40N6O6S.C26H32N4O5S.C24H29N5O4S/c1-19-7-10-25(32-15-19)36-26(27(37)31-5)22-13-21(20-8-9-20)24(14-23(22)34-36)35(43(6,39)40)12-11-30(17-41-18-30)16-33-28(38)42-29(2,3)4;1-17-5-9-19(10-6-17)30-24(25(31)27-2)21-13-20(18-7-8-18)23(14-22(21)28-30)29(36(4,32)33)12-11-26(34-3)15-35-16-26;1-15-4-7-22(26-12-15)29-23(24(30)25-2)19-10-18(17-5-6-17)21(11-20(19)27-29)28(34(3,31)32)9-8-16-13-33-14-16/h7,10,13-15,20H,8-9,11-12,16-18H2,1-6H3,(H,31,37)(H,33,38);5-6,9-10,13-14,18H,7-8,11-12,15-16H2,1-4H3,(H,27,31);4,7,10-12,16-17H,5-6,8-9,13-14H2,1-3H3,(H,25,30). The van der Waals surface area contributed by atoms with Gasteiger partial charge in [-0.2, -0.15) is 15.3 Å². The third-order valence-electron chi connectivity index (χ3n) is 21.4. The van der Waals surface area contributed by atoms with E-state index < -0.39 is 52.8 Å². The summed E-state index contributed by atoms with van der Waals surface area (Å²) in [6.07, 6.45) is 14.1. The van der Waals surface area contributed by atoms with E-state index in [0.717, 1.165) is 84.0 Å². The number of pyridine rings is 2. The van der Waals surface area contributed by atoms with Gasteiger partial charge < -0.3 is 45.0 Å². The lowest BCUT2D eigenvalue weighted by Gasteiger charge is -2.42. The second-order valence-electron chi connectivity index (χ2n) is 31.8. The zero-order valence-electron chi connectivity index (χ0n) is 66.2. The molecule has 3 aliphatic heterocycles. The fourth-order valence-electron chi connectivity index (χ4n) is 14.4. The van der Waals surface area contributed by atoms with Gasteiger partial charge >= 0.3 is 6.09 Å². The number of ether oxygens (including phenoxy) is 5. The third kappa shape index (κ3) is 18.1. The first-order chi connectivity index (χ1) is 53.6. The predicted molar refractivity (Wildman–Crippen MR) is 432 cm³/mol. The van der Waals surface area contributed by atoms with Gasteiger partial charge in [0.15, 0.2) is 11.6 Å². The van der Waals surface area contributed by atoms with E-state index in [2.05, 4.69) is 31.2 Å². The molecule has 604 valence electrons. The Kier molecular flexibility index (Phi) is 23.3. The van der Waals surface area contributed by atoms with E-state index in [9.17, 15) is 44.4 Å². The number of fused-ring (bicyclic) bond motifs is 3. The minimum Gasteiger partial charge on any atom is -0.444 e. The molecule has 6 aliphatic rings. The molecule has 3 aliphatic carbocycles. The van der Waals surface area contributed by atoms with Crippen molar-refractivity contribution in [2.24, 2.45) is 11.3 Å². The Morgan fingerprint density at radius 1 is 0.522 bits per heavy atom. The van der Waals surface area contributed by atoms with Crippen LogP contribution in [-0.4, -0.2) is 212 Å². The molecular weight excluding hydrogens is 1510 g/mol. The highest BCUT2D eigenvalue weighted by Crippen LogP contribution is 2.50. The predicted octanol–water partition coefficient (Wildman–Crippen LogP) is 9.57. The van der Waals surface area contributed by atoms with E-state index in [-0.39, 0.29) is 48.6 Å². The number of rotatable bonds is 27. The lowest BCUT2D eigenvalue weighted by molar-refractivity contribution is -0.197. The number of aryl methyl sites for hydroxylation is 3. The number of sulfonamides is 3. The van der Waals surface area contributed by atoms with E-state index in [1.165, 1.54) is 36.4 Å². The molecule has 30 nitrogen and oxygen atoms in total. The second-order valence-corrected chi connectivity index (χ2v) is 37.5. The highest BCUT2D eigenvalue weighted by Gasteiger charge is 2.44. The Labute approximate surface area is 659 Å². The fourth-order valence-corrected chi connectivity index (χ4v) is 17.2. The van der Waals surface area contributed by atoms with E-state index in [4.69, 9.17) is 39.0 Å². The average Bonchev–Trinajstić information content (AvgIpc) is 1.62. The van der Waals surface area contributed by atoms with Crippen LogP contribution < -0.4 is 34.2 Å². The highest BCUT2D eigenvalue weighted by molar-refractivity contribution is 7.92. The van der Waals surface area contributed by atoms with Gasteiger partial charge in [-0.25, -0.2) is 54.1 Å². The first kappa shape index (κ1) is 81.4. The van der Waals surface area contributed by atoms with Gasteiger partial charge in [0.05, 0.1) is 97.7 Å². The number of carbonyl (C=O) groups excluding carboxylic acids is 4. The summed E-state index contributed by atoms with van der Waals surface area (Å²) >= 11 is 0. The van der Waals surface area contributed by atoms with Crippen LogP contribution in [0, 0.1) is 32.1 Å². The van der Waals surface area contributed by atoms with Gasteiger partial charge in [0.1, 0.15) is 28.3 Å². The molecule has 3 saturated carbocycles. The zero-order valence-corrected chi connectivity index (χ0v) is 68.7. The molecular formula is C80H101N15O15S3. The topological polar surface area (TPSA) is 354 Å². The molecule has 8 heterocycles. The van der Waals surface area contributed by atoms with Gasteiger partial charge in [-0.05, 0) is 206 Å². The van der Waals surface area contributed by atoms with Crippen LogP contribution in [0.4, 0.5) is 21.9 Å². The number of benzene rings is 4. The maximum absolute atomic E-state index is 13.3. The molecule has 0 spiro atoms. The van der Waals surface area contributed by atoms with Crippen LogP contribution in [0.1, 0.15) is 161 Å². The maximum Gasteiger partial charge on any atom is 0.407 e. The number of aromatic nitrogens is 8. The number of anilines is 3. The van der Waals surface area contributed by atoms with Crippen LogP contribution in [0.15, 0.2) is 97.3 Å². The van der Waals surface area contributed by atoms with Crippen molar-refractivity contribution in [2.75, 3.05) is 126 Å². The van der Waals surface area contributed by atoms with Crippen molar-refractivity contribution in [1.29, 1.82) is 0 Å². The van der Waals surface area contributed by atoms with Crippen molar-refractivity contribution in [3.8, 4) is 17.3 Å². The number of alkyl carbamates (subject to hydrolysis) is 1. The Morgan fingerprint density at radius 3 is 1.24 bits per heavy atom. The highest BCUT2D eigenvalue weighted by atomic mass is 32.2. The minimum absolute atomic E-state index is 0.178. The van der Waals surface area contributed by atoms with Crippen molar-refractivity contribution in [3.63, 3.8) is 0 Å². The van der Waals surface area contributed by atoms with Gasteiger partial charge in [-0.1, -0.05) is 29.8 Å². The quantitative estimate of drug-likeness (QED) is 0.0372. The minimum atomic E-state index is -3.70. The molecule has 0 atom stereocenters. The molecule has 4 aromatic carbocycles. The van der Waals surface area contributed by atoms with Crippen LogP contribution in [0.3, 0.4) is 0 Å². The van der Waals surface area contributed by atoms with Crippen molar-refractivity contribution >= 4 is 104 Å². The number of hydrogen-bond acceptors (Lipinski definition) is 20. The number of amides is 4. The van der Waals surface area contributed by atoms with E-state index in [1.54, 1.807) is 82.9 Å². The van der Waals surface area contributed by atoms with Crippen LogP contribution in [0.5, 0.6) is 0 Å². The van der Waals surface area contributed by atoms with Crippen LogP contribution in [-0.2, 0) is 53.8 Å². The molecule has 0 bridgehead atoms. The van der Waals surface area contributed by atoms with E-state index >= 15 is 0 Å². The van der Waals surface area contributed by atoms with E-state index in [1.807, 2.05) is 93.6 Å². The summed E-state index contributed by atoms with van der Waals surface area (Å²) in [7, 11) is -4.43. The lowest BCUT2D eigenvalue weighted by Crippen LogP contribution is -2.53. The van der Waals surface area contributed by atoms with E-state index in [0.29, 0.717) is 150 Å². The zero-order chi connectivity index (χ0) is 80.9. The smallest absolute Gasteiger partial charge is 0.407 e. The molecule has 33 heteroatoms. The average molecular weight is 1610 g/mol. The summed E-state index contributed by atoms with van der Waals surface area (Å²) in [6.45, 7) is 15.5. The third-order valence-corrected chi connectivity index (χ3v) is 24.9. The summed E-state index contributed by atoms with van der Waals surface area (Å²) in [6, 6.07) is 26.4. The van der Waals surface area contributed by atoms with Crippen LogP contribution in [0.2, 0.25) is 0 Å². The van der Waals surface area contributed by atoms with Crippen molar-refractivity contribution < 1.29 is 68.1 Å². The first-order valence-electron chi connectivity index (χ1n) is 38.1. The molecule has 0 unspecified atom stereocenters. The first-order valence-corrected chi connectivity index (χ1v) is 43.6. The molecule has 15 rings (SSSR count).